The summed E-state index contributed by atoms with van der Waals surface area (Å²) < 4.78 is 39.7. The maximum Gasteiger partial charge on any atom is 0.441 e. The molecule has 1 atom stereocenters. The highest BCUT2D eigenvalue weighted by molar-refractivity contribution is 8.00. The molecule has 0 aliphatic rings. The van der Waals surface area contributed by atoms with E-state index in [1.807, 2.05) is 0 Å². The molecule has 0 aromatic carbocycles. The highest BCUT2D eigenvalue weighted by atomic mass is 32.2. The SMILES string of the molecule is COCC(N)CCCSC(F)(F)F. The molecule has 0 amide bonds. The van der Waals surface area contributed by atoms with Crippen molar-refractivity contribution in [2.45, 2.75) is 24.4 Å². The first kappa shape index (κ1) is 13.1. The fraction of sp³-hybridized carbons (Fsp3) is 1.00. The van der Waals surface area contributed by atoms with Crippen molar-refractivity contribution in [1.29, 1.82) is 0 Å². The van der Waals surface area contributed by atoms with Crippen LogP contribution in [0.5, 0.6) is 0 Å². The van der Waals surface area contributed by atoms with Gasteiger partial charge in [0.25, 0.3) is 0 Å². The summed E-state index contributed by atoms with van der Waals surface area (Å²) in [6.07, 6.45) is 1.03. The number of methoxy groups -OCH3 is 1. The van der Waals surface area contributed by atoms with Crippen LogP contribution in [-0.4, -0.2) is 31.0 Å². The highest BCUT2D eigenvalue weighted by Crippen LogP contribution is 2.30. The molecule has 80 valence electrons. The van der Waals surface area contributed by atoms with Crippen LogP contribution in [0.3, 0.4) is 0 Å². The van der Waals surface area contributed by atoms with Crippen molar-refractivity contribution < 1.29 is 17.9 Å². The zero-order valence-electron chi connectivity index (χ0n) is 7.43. The van der Waals surface area contributed by atoms with Crippen molar-refractivity contribution >= 4 is 11.8 Å². The molecule has 0 saturated carbocycles. The Morgan fingerprint density at radius 2 is 2.08 bits per heavy atom. The third kappa shape index (κ3) is 9.98. The van der Waals surface area contributed by atoms with E-state index < -0.39 is 5.51 Å². The molecular weight excluding hydrogens is 203 g/mol. The van der Waals surface area contributed by atoms with E-state index in [1.54, 1.807) is 0 Å². The molecule has 0 aromatic rings. The van der Waals surface area contributed by atoms with Crippen LogP contribution >= 0.6 is 11.8 Å². The minimum absolute atomic E-state index is 0.00273. The van der Waals surface area contributed by atoms with Crippen LogP contribution in [0.1, 0.15) is 12.8 Å². The van der Waals surface area contributed by atoms with Gasteiger partial charge in [0.1, 0.15) is 0 Å². The lowest BCUT2D eigenvalue weighted by Gasteiger charge is -2.10. The Morgan fingerprint density at radius 3 is 2.54 bits per heavy atom. The summed E-state index contributed by atoms with van der Waals surface area (Å²) in [6, 6.07) is -0.154. The summed E-state index contributed by atoms with van der Waals surface area (Å²) in [7, 11) is 1.52. The van der Waals surface area contributed by atoms with Crippen molar-refractivity contribution in [2.75, 3.05) is 19.5 Å². The van der Waals surface area contributed by atoms with E-state index in [1.165, 1.54) is 7.11 Å². The Bertz CT molecular complexity index is 131. The van der Waals surface area contributed by atoms with Crippen molar-refractivity contribution in [1.82, 2.24) is 0 Å². The van der Waals surface area contributed by atoms with Crippen molar-refractivity contribution in [3.05, 3.63) is 0 Å². The Balaban J connectivity index is 3.25. The average Bonchev–Trinajstić information content (AvgIpc) is 1.97. The fourth-order valence-electron chi connectivity index (χ4n) is 0.831. The molecule has 0 saturated heterocycles. The van der Waals surface area contributed by atoms with Crippen LogP contribution in [0, 0.1) is 0 Å². The van der Waals surface area contributed by atoms with E-state index >= 15 is 0 Å². The third-order valence-electron chi connectivity index (χ3n) is 1.37. The topological polar surface area (TPSA) is 35.2 Å². The van der Waals surface area contributed by atoms with Gasteiger partial charge < -0.3 is 10.5 Å². The van der Waals surface area contributed by atoms with Crippen LogP contribution in [-0.2, 0) is 4.74 Å². The molecule has 1 unspecified atom stereocenters. The number of nitrogens with two attached hydrogens (primary N) is 1. The summed E-state index contributed by atoms with van der Waals surface area (Å²) in [6.45, 7) is 0.399. The zero-order valence-corrected chi connectivity index (χ0v) is 8.25. The molecule has 13 heavy (non-hydrogen) atoms. The van der Waals surface area contributed by atoms with Crippen LogP contribution < -0.4 is 5.73 Å². The van der Waals surface area contributed by atoms with Crippen molar-refractivity contribution in [2.24, 2.45) is 5.73 Å². The van der Waals surface area contributed by atoms with Crippen molar-refractivity contribution in [3.63, 3.8) is 0 Å². The number of hydrogen-bond acceptors (Lipinski definition) is 3. The molecule has 0 heterocycles. The largest absolute Gasteiger partial charge is 0.441 e. The minimum Gasteiger partial charge on any atom is -0.383 e. The second-order valence-electron chi connectivity index (χ2n) is 2.65. The molecule has 0 aliphatic carbocycles. The average molecular weight is 217 g/mol. The van der Waals surface area contributed by atoms with Gasteiger partial charge in [-0.3, -0.25) is 0 Å². The number of ether oxygens (including phenoxy) is 1. The Hall–Kier alpha value is 0.0600. The van der Waals surface area contributed by atoms with E-state index in [-0.39, 0.29) is 23.6 Å². The standard InChI is InChI=1S/C7H14F3NOS/c1-12-5-6(11)3-2-4-13-7(8,9)10/h6H,2-5,11H2,1H3. The second-order valence-corrected chi connectivity index (χ2v) is 3.81. The van der Waals surface area contributed by atoms with Gasteiger partial charge in [-0.1, -0.05) is 11.8 Å². The maximum atomic E-state index is 11.6. The summed E-state index contributed by atoms with van der Waals surface area (Å²) in [5.41, 5.74) is 1.40. The normalized spacial score (nSPS) is 14.5. The van der Waals surface area contributed by atoms with Crippen LogP contribution in [0.15, 0.2) is 0 Å². The van der Waals surface area contributed by atoms with Crippen LogP contribution in [0.25, 0.3) is 0 Å². The van der Waals surface area contributed by atoms with E-state index in [0.29, 0.717) is 19.4 Å². The summed E-state index contributed by atoms with van der Waals surface area (Å²) in [5.74, 6) is 0.0704. The number of rotatable bonds is 6. The van der Waals surface area contributed by atoms with Gasteiger partial charge in [0.15, 0.2) is 0 Å². The fourth-order valence-corrected chi connectivity index (χ4v) is 1.37. The quantitative estimate of drug-likeness (QED) is 0.691. The van der Waals surface area contributed by atoms with Gasteiger partial charge in [0.2, 0.25) is 0 Å². The monoisotopic (exact) mass is 217 g/mol. The molecular formula is C7H14F3NOS. The van der Waals surface area contributed by atoms with Gasteiger partial charge in [-0.05, 0) is 12.8 Å². The summed E-state index contributed by atoms with van der Waals surface area (Å²) >= 11 is -0.00273. The van der Waals surface area contributed by atoms with Gasteiger partial charge in [-0.15, -0.1) is 0 Å². The van der Waals surface area contributed by atoms with Crippen molar-refractivity contribution in [3.8, 4) is 0 Å². The molecule has 6 heteroatoms. The van der Waals surface area contributed by atoms with Gasteiger partial charge in [0, 0.05) is 18.9 Å². The highest BCUT2D eigenvalue weighted by Gasteiger charge is 2.27. The number of halogens is 3. The molecule has 2 N–H and O–H groups in total. The van der Waals surface area contributed by atoms with Crippen LogP contribution in [0.4, 0.5) is 13.2 Å². The molecule has 0 bridgehead atoms. The number of hydrogen-bond donors (Lipinski definition) is 1. The van der Waals surface area contributed by atoms with E-state index in [9.17, 15) is 13.2 Å². The van der Waals surface area contributed by atoms with Gasteiger partial charge in [0.05, 0.1) is 6.61 Å². The first-order valence-electron chi connectivity index (χ1n) is 3.91. The predicted octanol–water partition coefficient (Wildman–Crippen LogP) is 1.99. The lowest BCUT2D eigenvalue weighted by Crippen LogP contribution is -2.25. The lowest BCUT2D eigenvalue weighted by atomic mass is 10.2. The van der Waals surface area contributed by atoms with Gasteiger partial charge in [-0.2, -0.15) is 13.2 Å². The first-order valence-corrected chi connectivity index (χ1v) is 4.89. The molecule has 0 aliphatic heterocycles. The summed E-state index contributed by atoms with van der Waals surface area (Å²) in [5, 5.41) is 0. The predicted molar refractivity (Wildman–Crippen MR) is 47.6 cm³/mol. The van der Waals surface area contributed by atoms with E-state index in [2.05, 4.69) is 0 Å². The first-order chi connectivity index (χ1) is 5.95. The smallest absolute Gasteiger partial charge is 0.383 e. The molecule has 0 aromatic heterocycles. The lowest BCUT2D eigenvalue weighted by molar-refractivity contribution is -0.0328. The van der Waals surface area contributed by atoms with E-state index in [0.717, 1.165) is 0 Å². The third-order valence-corrected chi connectivity index (χ3v) is 2.19. The van der Waals surface area contributed by atoms with Gasteiger partial charge >= 0.3 is 5.51 Å². The molecule has 2 nitrogen and oxygen atoms in total. The van der Waals surface area contributed by atoms with Crippen LogP contribution in [0.2, 0.25) is 0 Å². The zero-order chi connectivity index (χ0) is 10.3. The molecule has 0 fully saturated rings. The molecule has 0 spiro atoms. The van der Waals surface area contributed by atoms with Gasteiger partial charge in [-0.25, -0.2) is 0 Å². The Kier molecular flexibility index (Phi) is 6.53. The summed E-state index contributed by atoms with van der Waals surface area (Å²) in [4.78, 5) is 0. The molecule has 0 rings (SSSR count). The Labute approximate surface area is 80.0 Å². The molecule has 0 radical (unpaired) electrons. The number of alkyl halides is 3. The minimum atomic E-state index is -4.12. The second kappa shape index (κ2) is 6.50. The van der Waals surface area contributed by atoms with E-state index in [4.69, 9.17) is 10.5 Å². The maximum absolute atomic E-state index is 11.6. The number of thioether (sulfide) groups is 1. The Morgan fingerprint density at radius 1 is 1.46 bits per heavy atom.